The Morgan fingerprint density at radius 3 is 2.14 bits per heavy atom. The summed E-state index contributed by atoms with van der Waals surface area (Å²) < 4.78 is 37.6. The Morgan fingerprint density at radius 1 is 1.14 bits per heavy atom. The molecule has 0 aliphatic carbocycles. The fraction of sp³-hybridized carbons (Fsp3) is 0.412. The van der Waals surface area contributed by atoms with Crippen LogP contribution >= 0.6 is 11.3 Å². The highest BCUT2D eigenvalue weighted by molar-refractivity contribution is 7.15. The number of hydrogen-bond donors (Lipinski definition) is 1. The minimum absolute atomic E-state index is 0.0446. The standard InChI is InChI=1S/C15H15F3OS.C2H6/c1-9-7-13(20-14(9)10(2)8-19)11-3-5-12(6-4-11)15(16,17)18;1-2/h3-7,10,19H,8H2,1-2H3;1-2H3. The van der Waals surface area contributed by atoms with Crippen molar-refractivity contribution in [3.8, 4) is 10.4 Å². The van der Waals surface area contributed by atoms with Gasteiger partial charge in [-0.2, -0.15) is 13.2 Å². The number of alkyl halides is 3. The first kappa shape index (κ1) is 18.7. The van der Waals surface area contributed by atoms with Gasteiger partial charge in [-0.05, 0) is 36.2 Å². The van der Waals surface area contributed by atoms with Gasteiger partial charge in [0.1, 0.15) is 0 Å². The minimum Gasteiger partial charge on any atom is -0.396 e. The smallest absolute Gasteiger partial charge is 0.396 e. The Hall–Kier alpha value is -1.33. The van der Waals surface area contributed by atoms with Crippen molar-refractivity contribution in [3.05, 3.63) is 46.3 Å². The lowest BCUT2D eigenvalue weighted by atomic mass is 10.1. The SMILES string of the molecule is CC.Cc1cc(-c2ccc(C(F)(F)F)cc2)sc1C(C)CO. The number of halogens is 3. The molecule has 1 aromatic heterocycles. The van der Waals surface area contributed by atoms with Gasteiger partial charge < -0.3 is 5.11 Å². The van der Waals surface area contributed by atoms with Crippen LogP contribution in [0.15, 0.2) is 30.3 Å². The second kappa shape index (κ2) is 7.79. The van der Waals surface area contributed by atoms with Crippen LogP contribution in [0.4, 0.5) is 13.2 Å². The fourth-order valence-electron chi connectivity index (χ4n) is 2.03. The zero-order chi connectivity index (χ0) is 16.9. The number of aliphatic hydroxyl groups is 1. The van der Waals surface area contributed by atoms with E-state index in [1.807, 2.05) is 33.8 Å². The first-order valence-electron chi connectivity index (χ1n) is 7.21. The third-order valence-electron chi connectivity index (χ3n) is 3.17. The maximum Gasteiger partial charge on any atom is 0.416 e. The molecule has 2 aromatic rings. The van der Waals surface area contributed by atoms with Crippen molar-refractivity contribution < 1.29 is 18.3 Å². The first-order valence-corrected chi connectivity index (χ1v) is 8.03. The van der Waals surface area contributed by atoms with E-state index >= 15 is 0 Å². The summed E-state index contributed by atoms with van der Waals surface area (Å²) in [7, 11) is 0. The number of thiophene rings is 1. The molecule has 0 bridgehead atoms. The Labute approximate surface area is 133 Å². The number of aliphatic hydroxyl groups excluding tert-OH is 1. The molecule has 122 valence electrons. The average molecular weight is 330 g/mol. The molecule has 1 atom stereocenters. The van der Waals surface area contributed by atoms with E-state index in [0.717, 1.165) is 33.0 Å². The number of rotatable bonds is 3. The Bertz CT molecular complexity index is 585. The zero-order valence-corrected chi connectivity index (χ0v) is 14.0. The Balaban J connectivity index is 0.00000116. The molecule has 0 saturated heterocycles. The molecule has 22 heavy (non-hydrogen) atoms. The van der Waals surface area contributed by atoms with Gasteiger partial charge in [-0.3, -0.25) is 0 Å². The highest BCUT2D eigenvalue weighted by Gasteiger charge is 2.30. The monoisotopic (exact) mass is 330 g/mol. The normalized spacial score (nSPS) is 12.5. The summed E-state index contributed by atoms with van der Waals surface area (Å²) in [6, 6.07) is 7.12. The minimum atomic E-state index is -4.31. The van der Waals surface area contributed by atoms with Crippen LogP contribution in [0, 0.1) is 6.92 Å². The summed E-state index contributed by atoms with van der Waals surface area (Å²) in [5.74, 6) is 0.0446. The summed E-state index contributed by atoms with van der Waals surface area (Å²) in [4.78, 5) is 1.99. The van der Waals surface area contributed by atoms with Gasteiger partial charge in [-0.15, -0.1) is 11.3 Å². The highest BCUT2D eigenvalue weighted by Crippen LogP contribution is 2.37. The molecule has 1 heterocycles. The Kier molecular flexibility index (Phi) is 6.63. The predicted octanol–water partition coefficient (Wildman–Crippen LogP) is 5.86. The van der Waals surface area contributed by atoms with Crippen molar-refractivity contribution in [2.75, 3.05) is 6.61 Å². The molecule has 0 saturated carbocycles. The molecule has 1 aromatic carbocycles. The largest absolute Gasteiger partial charge is 0.416 e. The van der Waals surface area contributed by atoms with E-state index in [1.165, 1.54) is 23.5 Å². The summed E-state index contributed by atoms with van der Waals surface area (Å²) in [6.07, 6.45) is -4.31. The third kappa shape index (κ3) is 4.34. The van der Waals surface area contributed by atoms with Crippen molar-refractivity contribution in [1.29, 1.82) is 0 Å². The van der Waals surface area contributed by atoms with Gasteiger partial charge in [-0.1, -0.05) is 32.9 Å². The van der Waals surface area contributed by atoms with Gasteiger partial charge in [-0.25, -0.2) is 0 Å². The lowest BCUT2D eigenvalue weighted by molar-refractivity contribution is -0.137. The van der Waals surface area contributed by atoms with Crippen molar-refractivity contribution in [2.45, 2.75) is 39.8 Å². The molecule has 1 nitrogen and oxygen atoms in total. The molecule has 0 amide bonds. The van der Waals surface area contributed by atoms with Crippen molar-refractivity contribution in [3.63, 3.8) is 0 Å². The lowest BCUT2D eigenvalue weighted by Crippen LogP contribution is -2.03. The molecular formula is C17H21F3OS. The van der Waals surface area contributed by atoms with E-state index in [4.69, 9.17) is 0 Å². The topological polar surface area (TPSA) is 20.2 Å². The van der Waals surface area contributed by atoms with Crippen LogP contribution in [0.1, 0.15) is 42.7 Å². The van der Waals surface area contributed by atoms with E-state index < -0.39 is 11.7 Å². The molecule has 5 heteroatoms. The van der Waals surface area contributed by atoms with Crippen LogP contribution < -0.4 is 0 Å². The van der Waals surface area contributed by atoms with Crippen molar-refractivity contribution in [2.24, 2.45) is 0 Å². The summed E-state index contributed by atoms with van der Waals surface area (Å²) in [5, 5.41) is 9.20. The molecule has 0 aliphatic rings. The highest BCUT2D eigenvalue weighted by atomic mass is 32.1. The van der Waals surface area contributed by atoms with Crippen molar-refractivity contribution in [1.82, 2.24) is 0 Å². The molecule has 1 unspecified atom stereocenters. The molecule has 0 spiro atoms. The maximum atomic E-state index is 12.5. The first-order chi connectivity index (χ1) is 10.3. The van der Waals surface area contributed by atoms with E-state index in [2.05, 4.69) is 0 Å². The molecular weight excluding hydrogens is 309 g/mol. The van der Waals surface area contributed by atoms with E-state index in [1.54, 1.807) is 0 Å². The third-order valence-corrected chi connectivity index (χ3v) is 4.69. The van der Waals surface area contributed by atoms with Crippen LogP contribution in [0.5, 0.6) is 0 Å². The molecule has 2 rings (SSSR count). The van der Waals surface area contributed by atoms with Gasteiger partial charge in [0.15, 0.2) is 0 Å². The summed E-state index contributed by atoms with van der Waals surface area (Å²) >= 11 is 1.52. The quantitative estimate of drug-likeness (QED) is 0.747. The zero-order valence-electron chi connectivity index (χ0n) is 13.2. The molecule has 0 fully saturated rings. The predicted molar refractivity (Wildman–Crippen MR) is 86.3 cm³/mol. The summed E-state index contributed by atoms with van der Waals surface area (Å²) in [5.41, 5.74) is 1.19. The van der Waals surface area contributed by atoms with Gasteiger partial charge in [0.05, 0.1) is 12.2 Å². The number of aryl methyl sites for hydroxylation is 1. The van der Waals surface area contributed by atoms with E-state index in [-0.39, 0.29) is 12.5 Å². The van der Waals surface area contributed by atoms with Gasteiger partial charge in [0, 0.05) is 15.7 Å². The average Bonchev–Trinajstić information content (AvgIpc) is 2.90. The van der Waals surface area contributed by atoms with Crippen LogP contribution in [0.2, 0.25) is 0 Å². The lowest BCUT2D eigenvalue weighted by Gasteiger charge is -2.07. The molecule has 0 aliphatic heterocycles. The second-order valence-corrected chi connectivity index (χ2v) is 5.90. The van der Waals surface area contributed by atoms with Gasteiger partial charge >= 0.3 is 6.18 Å². The van der Waals surface area contributed by atoms with Crippen LogP contribution in [-0.2, 0) is 6.18 Å². The van der Waals surface area contributed by atoms with Crippen molar-refractivity contribution >= 4 is 11.3 Å². The van der Waals surface area contributed by atoms with E-state index in [9.17, 15) is 18.3 Å². The van der Waals surface area contributed by atoms with Crippen LogP contribution in [0.3, 0.4) is 0 Å². The van der Waals surface area contributed by atoms with Gasteiger partial charge in [0.25, 0.3) is 0 Å². The fourth-order valence-corrected chi connectivity index (χ4v) is 3.26. The van der Waals surface area contributed by atoms with Gasteiger partial charge in [0.2, 0.25) is 0 Å². The number of hydrogen-bond acceptors (Lipinski definition) is 2. The Morgan fingerprint density at radius 2 is 1.68 bits per heavy atom. The molecule has 0 radical (unpaired) electrons. The summed E-state index contributed by atoms with van der Waals surface area (Å²) in [6.45, 7) is 7.94. The second-order valence-electron chi connectivity index (χ2n) is 4.82. The maximum absolute atomic E-state index is 12.5. The van der Waals surface area contributed by atoms with Crippen LogP contribution in [0.25, 0.3) is 10.4 Å². The van der Waals surface area contributed by atoms with E-state index in [0.29, 0.717) is 0 Å². The molecule has 1 N–H and O–H groups in total. The van der Waals surface area contributed by atoms with Crippen LogP contribution in [-0.4, -0.2) is 11.7 Å². The number of benzene rings is 1.